The molecular formula is C20H30BrN3O2S. The van der Waals surface area contributed by atoms with Gasteiger partial charge in [-0.25, -0.2) is 0 Å². The summed E-state index contributed by atoms with van der Waals surface area (Å²) in [5.41, 5.74) is 0.543. The van der Waals surface area contributed by atoms with Gasteiger partial charge < -0.3 is 10.6 Å². The van der Waals surface area contributed by atoms with E-state index >= 15 is 0 Å². The van der Waals surface area contributed by atoms with Gasteiger partial charge in [0, 0.05) is 17.1 Å². The first-order valence-electron chi connectivity index (χ1n) is 9.59. The van der Waals surface area contributed by atoms with Crippen molar-refractivity contribution >= 4 is 39.5 Å². The minimum Gasteiger partial charge on any atom is -0.353 e. The second kappa shape index (κ2) is 11.7. The Morgan fingerprint density at radius 1 is 1.22 bits per heavy atom. The van der Waals surface area contributed by atoms with Crippen molar-refractivity contribution < 1.29 is 9.59 Å². The number of nitrogens with zero attached hydrogens (tertiary/aromatic N) is 1. The van der Waals surface area contributed by atoms with Crippen LogP contribution in [0, 0.1) is 0 Å². The van der Waals surface area contributed by atoms with Gasteiger partial charge in [0.2, 0.25) is 5.91 Å². The Bertz CT molecular complexity index is 623. The van der Waals surface area contributed by atoms with E-state index in [9.17, 15) is 9.59 Å². The lowest BCUT2D eigenvalue weighted by Crippen LogP contribution is -2.51. The van der Waals surface area contributed by atoms with E-state index in [4.69, 9.17) is 0 Å². The molecule has 2 N–H and O–H groups in total. The highest BCUT2D eigenvalue weighted by molar-refractivity contribution is 9.10. The van der Waals surface area contributed by atoms with Crippen LogP contribution in [-0.4, -0.2) is 60.4 Å². The Balaban J connectivity index is 1.92. The molecule has 1 aliphatic heterocycles. The average Bonchev–Trinajstić information content (AvgIpc) is 2.69. The van der Waals surface area contributed by atoms with Crippen molar-refractivity contribution in [2.45, 2.75) is 44.7 Å². The zero-order chi connectivity index (χ0) is 19.6. The smallest absolute Gasteiger partial charge is 0.253 e. The summed E-state index contributed by atoms with van der Waals surface area (Å²) in [7, 11) is 0. The van der Waals surface area contributed by atoms with Crippen molar-refractivity contribution in [2.75, 3.05) is 31.6 Å². The minimum atomic E-state index is -0.523. The van der Waals surface area contributed by atoms with Crippen molar-refractivity contribution in [1.82, 2.24) is 15.5 Å². The number of nitrogens with one attached hydrogen (secondary N) is 2. The minimum absolute atomic E-state index is 0.103. The first-order valence-corrected chi connectivity index (χ1v) is 11.8. The van der Waals surface area contributed by atoms with Crippen LogP contribution in [0.15, 0.2) is 28.7 Å². The molecule has 27 heavy (non-hydrogen) atoms. The van der Waals surface area contributed by atoms with Crippen molar-refractivity contribution in [1.29, 1.82) is 0 Å². The highest BCUT2D eigenvalue weighted by Gasteiger charge is 2.23. The van der Waals surface area contributed by atoms with E-state index in [2.05, 4.69) is 38.4 Å². The zero-order valence-corrected chi connectivity index (χ0v) is 18.6. The number of carbonyl (C=O) groups is 2. The van der Waals surface area contributed by atoms with Gasteiger partial charge in [-0.3, -0.25) is 14.5 Å². The molecule has 2 atom stereocenters. The maximum atomic E-state index is 12.7. The lowest BCUT2D eigenvalue weighted by molar-refractivity contribution is -0.123. The molecule has 0 saturated carbocycles. The standard InChI is InChI=1S/C20H30BrN3O2S/c1-15(24-11-6-3-7-12-24)14-22-20(26)18(10-13-27-2)23-19(25)16-8-4-5-9-17(16)21/h4-5,8-9,15,18H,3,6-7,10-14H2,1-2H3,(H,22,26)(H,23,25)/t15-,18-/m0/s1. The Morgan fingerprint density at radius 2 is 1.93 bits per heavy atom. The second-order valence-electron chi connectivity index (χ2n) is 6.98. The van der Waals surface area contributed by atoms with E-state index in [1.807, 2.05) is 24.5 Å². The van der Waals surface area contributed by atoms with Gasteiger partial charge in [-0.2, -0.15) is 11.8 Å². The van der Waals surface area contributed by atoms with Gasteiger partial charge in [-0.05, 0) is 79.3 Å². The predicted octanol–water partition coefficient (Wildman–Crippen LogP) is 3.29. The quantitative estimate of drug-likeness (QED) is 0.599. The number of likely N-dealkylation sites (tertiary alicyclic amines) is 1. The van der Waals surface area contributed by atoms with Crippen LogP contribution in [0.2, 0.25) is 0 Å². The van der Waals surface area contributed by atoms with E-state index in [0.717, 1.165) is 23.3 Å². The summed E-state index contributed by atoms with van der Waals surface area (Å²) in [6, 6.07) is 7.05. The normalized spacial score (nSPS) is 17.1. The fourth-order valence-corrected chi connectivity index (χ4v) is 4.18. The summed E-state index contributed by atoms with van der Waals surface area (Å²) in [6.07, 6.45) is 6.38. The third kappa shape index (κ3) is 7.12. The largest absolute Gasteiger partial charge is 0.353 e. The number of amides is 2. The van der Waals surface area contributed by atoms with E-state index < -0.39 is 6.04 Å². The number of piperidine rings is 1. The monoisotopic (exact) mass is 455 g/mol. The Labute approximate surface area is 175 Å². The maximum absolute atomic E-state index is 12.7. The number of hydrogen-bond donors (Lipinski definition) is 2. The molecule has 1 saturated heterocycles. The van der Waals surface area contributed by atoms with Gasteiger partial charge in [0.1, 0.15) is 6.04 Å². The molecule has 5 nitrogen and oxygen atoms in total. The van der Waals surface area contributed by atoms with Crippen LogP contribution < -0.4 is 10.6 Å². The summed E-state index contributed by atoms with van der Waals surface area (Å²) in [6.45, 7) is 4.97. The highest BCUT2D eigenvalue weighted by Crippen LogP contribution is 2.16. The third-order valence-corrected chi connectivity index (χ3v) is 6.27. The predicted molar refractivity (Wildman–Crippen MR) is 116 cm³/mol. The van der Waals surface area contributed by atoms with Crippen molar-refractivity contribution in [3.05, 3.63) is 34.3 Å². The fraction of sp³-hybridized carbons (Fsp3) is 0.600. The van der Waals surface area contributed by atoms with Gasteiger partial charge >= 0.3 is 0 Å². The summed E-state index contributed by atoms with van der Waals surface area (Å²) < 4.78 is 0.727. The number of halogens is 1. The second-order valence-corrected chi connectivity index (χ2v) is 8.82. The Morgan fingerprint density at radius 3 is 2.59 bits per heavy atom. The molecular weight excluding hydrogens is 426 g/mol. The molecule has 0 radical (unpaired) electrons. The first kappa shape index (κ1) is 22.2. The summed E-state index contributed by atoms with van der Waals surface area (Å²) in [5.74, 6) is 0.483. The van der Waals surface area contributed by atoms with Crippen LogP contribution in [0.3, 0.4) is 0 Å². The van der Waals surface area contributed by atoms with Gasteiger partial charge in [0.05, 0.1) is 5.56 Å². The molecule has 7 heteroatoms. The Kier molecular flexibility index (Phi) is 9.65. The molecule has 0 bridgehead atoms. The molecule has 1 aromatic carbocycles. The maximum Gasteiger partial charge on any atom is 0.253 e. The molecule has 1 fully saturated rings. The van der Waals surface area contributed by atoms with Crippen LogP contribution in [0.5, 0.6) is 0 Å². The lowest BCUT2D eigenvalue weighted by atomic mass is 10.1. The Hall–Kier alpha value is -1.05. The summed E-state index contributed by atoms with van der Waals surface area (Å²) in [5, 5.41) is 5.95. The summed E-state index contributed by atoms with van der Waals surface area (Å²) >= 11 is 5.07. The number of benzene rings is 1. The zero-order valence-electron chi connectivity index (χ0n) is 16.2. The topological polar surface area (TPSA) is 61.4 Å². The molecule has 1 aromatic rings. The van der Waals surface area contributed by atoms with Crippen LogP contribution in [0.4, 0.5) is 0 Å². The number of rotatable bonds is 9. The van der Waals surface area contributed by atoms with Gasteiger partial charge in [0.15, 0.2) is 0 Å². The molecule has 150 valence electrons. The van der Waals surface area contributed by atoms with E-state index in [1.54, 1.807) is 17.8 Å². The van der Waals surface area contributed by atoms with Gasteiger partial charge in [-0.15, -0.1) is 0 Å². The van der Waals surface area contributed by atoms with Crippen LogP contribution >= 0.6 is 27.7 Å². The van der Waals surface area contributed by atoms with Gasteiger partial charge in [0.25, 0.3) is 5.91 Å². The molecule has 2 rings (SSSR count). The fourth-order valence-electron chi connectivity index (χ4n) is 3.25. The van der Waals surface area contributed by atoms with Crippen molar-refractivity contribution in [2.24, 2.45) is 0 Å². The summed E-state index contributed by atoms with van der Waals surface area (Å²) in [4.78, 5) is 27.7. The van der Waals surface area contributed by atoms with Crippen LogP contribution in [0.25, 0.3) is 0 Å². The van der Waals surface area contributed by atoms with Crippen molar-refractivity contribution in [3.63, 3.8) is 0 Å². The SMILES string of the molecule is CSCC[C@H](NC(=O)c1ccccc1Br)C(=O)NC[C@H](C)N1CCCCC1. The number of carbonyl (C=O) groups excluding carboxylic acids is 2. The van der Waals surface area contributed by atoms with Crippen LogP contribution in [0.1, 0.15) is 43.0 Å². The molecule has 1 heterocycles. The molecule has 0 unspecified atom stereocenters. The highest BCUT2D eigenvalue weighted by atomic mass is 79.9. The van der Waals surface area contributed by atoms with E-state index in [0.29, 0.717) is 24.6 Å². The molecule has 0 spiro atoms. The molecule has 0 aromatic heterocycles. The van der Waals surface area contributed by atoms with E-state index in [-0.39, 0.29) is 11.8 Å². The van der Waals surface area contributed by atoms with Crippen molar-refractivity contribution in [3.8, 4) is 0 Å². The number of hydrogen-bond acceptors (Lipinski definition) is 4. The van der Waals surface area contributed by atoms with Crippen LogP contribution in [-0.2, 0) is 4.79 Å². The average molecular weight is 456 g/mol. The van der Waals surface area contributed by atoms with E-state index in [1.165, 1.54) is 19.3 Å². The molecule has 1 aliphatic rings. The third-order valence-electron chi connectivity index (χ3n) is 4.94. The first-order chi connectivity index (χ1) is 13.0. The lowest BCUT2D eigenvalue weighted by Gasteiger charge is -2.32. The van der Waals surface area contributed by atoms with Gasteiger partial charge in [-0.1, -0.05) is 18.6 Å². The molecule has 2 amide bonds. The molecule has 0 aliphatic carbocycles. The number of thioether (sulfide) groups is 1.